The molecule has 0 fully saturated rings. The minimum atomic E-state index is -4.91. The molecule has 0 unspecified atom stereocenters. The van der Waals surface area contributed by atoms with Crippen LogP contribution in [0.25, 0.3) is 6.08 Å². The molecular formula is C44H60N14O7S. The van der Waals surface area contributed by atoms with Crippen molar-refractivity contribution < 1.29 is 32.0 Å². The van der Waals surface area contributed by atoms with Crippen LogP contribution in [-0.4, -0.2) is 128 Å². The largest absolute Gasteiger partial charge is 0.489 e. The number of rotatable bonds is 26. The number of carbonyl (C=O) groups is 2. The van der Waals surface area contributed by atoms with Gasteiger partial charge in [-0.05, 0) is 106 Å². The van der Waals surface area contributed by atoms with Gasteiger partial charge in [0.25, 0.3) is 10.1 Å². The summed E-state index contributed by atoms with van der Waals surface area (Å²) >= 11 is 0. The van der Waals surface area contributed by atoms with Crippen LogP contribution in [0.2, 0.25) is 0 Å². The summed E-state index contributed by atoms with van der Waals surface area (Å²) in [7, 11) is -3.41. The monoisotopic (exact) mass is 928 g/mol. The molecule has 66 heavy (non-hydrogen) atoms. The summed E-state index contributed by atoms with van der Waals surface area (Å²) in [5.74, 6) is 0.158. The molecule has 1 aliphatic rings. The molecule has 3 aromatic carbocycles. The van der Waals surface area contributed by atoms with Crippen molar-refractivity contribution in [1.29, 1.82) is 0 Å². The van der Waals surface area contributed by atoms with E-state index in [4.69, 9.17) is 15.2 Å². The third-order valence-electron chi connectivity index (χ3n) is 10.3. The van der Waals surface area contributed by atoms with Crippen LogP contribution in [0.4, 0.5) is 52.0 Å². The van der Waals surface area contributed by atoms with Crippen molar-refractivity contribution in [3.63, 3.8) is 0 Å². The maximum Gasteiger partial charge on any atom is 0.296 e. The number of ether oxygens (including phenoxy) is 2. The number of fused-ring (bicyclic) bond motifs is 1. The first-order chi connectivity index (χ1) is 31.7. The minimum Gasteiger partial charge on any atom is -0.489 e. The van der Waals surface area contributed by atoms with E-state index in [2.05, 4.69) is 94.5 Å². The van der Waals surface area contributed by atoms with E-state index in [1.165, 1.54) is 44.4 Å². The number of hydrogen-bond donors (Lipinski definition) is 7. The second kappa shape index (κ2) is 24.6. The SMILES string of the molecule is CCN(CC)CCCNc1nc(NCCCN(CC)CC)nc(Nc2ccc(N=Nc3cc(OCCOC)c(NN=C4C(=O)c5cc(N)ccc5C=C4S(=O)(=O)O)cc3NC(C)=O)cc2)n1. The Morgan fingerprint density at radius 1 is 0.818 bits per heavy atom. The fourth-order valence-electron chi connectivity index (χ4n) is 6.67. The molecule has 1 aromatic heterocycles. The zero-order valence-corrected chi connectivity index (χ0v) is 39.0. The Morgan fingerprint density at radius 3 is 2.02 bits per heavy atom. The molecule has 8 N–H and O–H groups in total. The molecule has 1 heterocycles. The first kappa shape index (κ1) is 50.4. The van der Waals surface area contributed by atoms with E-state index in [0.717, 1.165) is 58.2 Å². The first-order valence-corrected chi connectivity index (χ1v) is 23.2. The number of Topliss-reactive ketones (excluding diaryl/α,β-unsaturated/α-hetero) is 1. The fraction of sp³-hybridized carbons (Fsp3) is 0.409. The smallest absolute Gasteiger partial charge is 0.296 e. The summed E-state index contributed by atoms with van der Waals surface area (Å²) in [5, 5.41) is 25.6. The van der Waals surface area contributed by atoms with Gasteiger partial charge in [0.2, 0.25) is 29.5 Å². The van der Waals surface area contributed by atoms with Gasteiger partial charge in [0.1, 0.15) is 28.6 Å². The Balaban J connectivity index is 1.38. The molecule has 0 saturated carbocycles. The van der Waals surface area contributed by atoms with Crippen LogP contribution in [0, 0.1) is 0 Å². The van der Waals surface area contributed by atoms with Crippen LogP contribution >= 0.6 is 0 Å². The van der Waals surface area contributed by atoms with Crippen molar-refractivity contribution in [3.05, 3.63) is 70.6 Å². The van der Waals surface area contributed by atoms with Crippen LogP contribution in [0.3, 0.4) is 0 Å². The number of nitrogen functional groups attached to an aromatic ring is 1. The maximum atomic E-state index is 13.5. The van der Waals surface area contributed by atoms with Crippen molar-refractivity contribution in [2.45, 2.75) is 47.5 Å². The number of aromatic nitrogens is 3. The second-order valence-electron chi connectivity index (χ2n) is 14.9. The molecule has 0 bridgehead atoms. The second-order valence-corrected chi connectivity index (χ2v) is 16.3. The third-order valence-corrected chi connectivity index (χ3v) is 11.1. The molecule has 1 aliphatic carbocycles. The van der Waals surface area contributed by atoms with E-state index in [9.17, 15) is 22.6 Å². The number of methoxy groups -OCH3 is 1. The van der Waals surface area contributed by atoms with E-state index in [-0.39, 0.29) is 52.8 Å². The van der Waals surface area contributed by atoms with E-state index in [1.54, 1.807) is 24.3 Å². The van der Waals surface area contributed by atoms with Crippen LogP contribution in [0.5, 0.6) is 5.75 Å². The highest BCUT2D eigenvalue weighted by Gasteiger charge is 2.33. The number of amides is 1. The molecule has 0 atom stereocenters. The normalized spacial score (nSPS) is 13.3. The minimum absolute atomic E-state index is 0.0671. The number of benzene rings is 3. The Hall–Kier alpha value is -6.59. The predicted octanol–water partition coefficient (Wildman–Crippen LogP) is 6.78. The Bertz CT molecular complexity index is 2460. The average Bonchev–Trinajstić information content (AvgIpc) is 3.29. The van der Waals surface area contributed by atoms with Crippen molar-refractivity contribution in [1.82, 2.24) is 24.8 Å². The van der Waals surface area contributed by atoms with Gasteiger partial charge in [0.05, 0.1) is 18.0 Å². The van der Waals surface area contributed by atoms with Crippen LogP contribution < -0.4 is 37.2 Å². The van der Waals surface area contributed by atoms with E-state index < -0.39 is 32.4 Å². The fourth-order valence-corrected chi connectivity index (χ4v) is 7.33. The van der Waals surface area contributed by atoms with Crippen molar-refractivity contribution >= 4 is 85.6 Å². The summed E-state index contributed by atoms with van der Waals surface area (Å²) in [6.07, 6.45) is 2.98. The molecule has 1 amide bonds. The molecule has 0 radical (unpaired) electrons. The summed E-state index contributed by atoms with van der Waals surface area (Å²) < 4.78 is 46.0. The van der Waals surface area contributed by atoms with Crippen molar-refractivity contribution in [3.8, 4) is 5.75 Å². The zero-order chi connectivity index (χ0) is 47.6. The zero-order valence-electron chi connectivity index (χ0n) is 38.2. The predicted molar refractivity (Wildman–Crippen MR) is 259 cm³/mol. The number of anilines is 7. The number of carbonyl (C=O) groups excluding carboxylic acids is 2. The topological polar surface area (TPSA) is 275 Å². The third kappa shape index (κ3) is 14.7. The maximum absolute atomic E-state index is 13.5. The number of nitrogens with two attached hydrogens (primary N) is 1. The van der Waals surface area contributed by atoms with Crippen molar-refractivity contribution in [2.75, 3.05) is 105 Å². The lowest BCUT2D eigenvalue weighted by Crippen LogP contribution is -2.27. The van der Waals surface area contributed by atoms with E-state index in [0.29, 0.717) is 42.3 Å². The van der Waals surface area contributed by atoms with Gasteiger partial charge in [0, 0.05) is 50.1 Å². The average molecular weight is 929 g/mol. The summed E-state index contributed by atoms with van der Waals surface area (Å²) in [6.45, 7) is 17.5. The van der Waals surface area contributed by atoms with Gasteiger partial charge in [-0.2, -0.15) is 33.6 Å². The highest BCUT2D eigenvalue weighted by atomic mass is 32.2. The molecule has 21 nitrogen and oxygen atoms in total. The van der Waals surface area contributed by atoms with Crippen LogP contribution in [0.15, 0.2) is 74.8 Å². The van der Waals surface area contributed by atoms with Crippen LogP contribution in [-0.2, 0) is 19.6 Å². The highest BCUT2D eigenvalue weighted by Crippen LogP contribution is 2.38. The van der Waals surface area contributed by atoms with Gasteiger partial charge < -0.3 is 46.3 Å². The molecule has 4 aromatic rings. The standard InChI is InChI=1S/C44H60N14O7S/c1-7-57(8-2)21-11-19-46-42-50-43(47-20-12-22-58(9-3)10-4)52-44(51-42)49-32-15-17-33(18-16-32)53-54-36-28-38(65-24-23-64-6)37(27-35(36)48-29(5)59)55-56-40-39(66(61,62)63)25-30-13-14-31(45)26-34(30)41(40)60/h13-18,25-28,55H,7-12,19-24,45H2,1-6H3,(H,48,59)(H,61,62,63)(H3,46,47,49,50,51,52). The number of hydrogen-bond acceptors (Lipinski definition) is 19. The highest BCUT2D eigenvalue weighted by molar-refractivity contribution is 7.91. The first-order valence-electron chi connectivity index (χ1n) is 21.8. The van der Waals surface area contributed by atoms with Gasteiger partial charge in [-0.3, -0.25) is 19.6 Å². The molecule has 0 spiro atoms. The molecular weight excluding hydrogens is 869 g/mol. The summed E-state index contributed by atoms with van der Waals surface area (Å²) in [5.41, 5.74) is 10.2. The number of nitrogens with one attached hydrogen (secondary N) is 5. The lowest BCUT2D eigenvalue weighted by atomic mass is 9.94. The molecule has 0 aliphatic heterocycles. The number of allylic oxidation sites excluding steroid dienone is 1. The lowest BCUT2D eigenvalue weighted by Gasteiger charge is -2.18. The van der Waals surface area contributed by atoms with Gasteiger partial charge in [-0.1, -0.05) is 33.8 Å². The molecule has 22 heteroatoms. The quantitative estimate of drug-likeness (QED) is 0.0112. The lowest BCUT2D eigenvalue weighted by molar-refractivity contribution is -0.114. The number of azo groups is 1. The molecule has 5 rings (SSSR count). The van der Waals surface area contributed by atoms with Crippen LogP contribution in [0.1, 0.15) is 63.4 Å². The van der Waals surface area contributed by atoms with Crippen molar-refractivity contribution in [2.24, 2.45) is 15.3 Å². The molecule has 354 valence electrons. The summed E-state index contributed by atoms with van der Waals surface area (Å²) in [4.78, 5) is 43.8. The molecule has 0 saturated heterocycles. The Morgan fingerprint density at radius 2 is 1.44 bits per heavy atom. The number of ketones is 1. The van der Waals surface area contributed by atoms with E-state index >= 15 is 0 Å². The van der Waals surface area contributed by atoms with Gasteiger partial charge in [0.15, 0.2) is 5.71 Å². The number of nitrogens with zero attached hydrogens (tertiary/aromatic N) is 8. The van der Waals surface area contributed by atoms with Gasteiger partial charge >= 0.3 is 0 Å². The summed E-state index contributed by atoms with van der Waals surface area (Å²) in [6, 6.07) is 14.3. The van der Waals surface area contributed by atoms with Gasteiger partial charge in [-0.15, -0.1) is 5.11 Å². The number of hydrazone groups is 1. The van der Waals surface area contributed by atoms with Gasteiger partial charge in [-0.25, -0.2) is 0 Å². The Labute approximate surface area is 385 Å². The van der Waals surface area contributed by atoms with E-state index in [1.807, 2.05) is 0 Å². The Kier molecular flexibility index (Phi) is 18.8.